The summed E-state index contributed by atoms with van der Waals surface area (Å²) in [6.07, 6.45) is 1.79. The molecule has 0 unspecified atom stereocenters. The number of methoxy groups -OCH3 is 1. The average Bonchev–Trinajstić information content (AvgIpc) is 2.38. The van der Waals surface area contributed by atoms with Crippen molar-refractivity contribution in [3.63, 3.8) is 0 Å². The van der Waals surface area contributed by atoms with Crippen LogP contribution in [0.1, 0.15) is 47.5 Å². The molecule has 1 aliphatic rings. The smallest absolute Gasteiger partial charge is 0.325 e. The predicted octanol–water partition coefficient (Wildman–Crippen LogP) is 3.35. The van der Waals surface area contributed by atoms with E-state index in [2.05, 4.69) is 27.7 Å². The lowest BCUT2D eigenvalue weighted by Crippen LogP contribution is -2.42. The second kappa shape index (κ2) is 6.39. The highest BCUT2D eigenvalue weighted by Gasteiger charge is 2.40. The first-order valence-corrected chi connectivity index (χ1v) is 7.71. The summed E-state index contributed by atoms with van der Waals surface area (Å²) in [5, 5.41) is 0. The molecule has 0 spiro atoms. The molecule has 0 aromatic carbocycles. The van der Waals surface area contributed by atoms with E-state index in [1.807, 2.05) is 6.92 Å². The summed E-state index contributed by atoms with van der Waals surface area (Å²) in [7, 11) is 1.32. The summed E-state index contributed by atoms with van der Waals surface area (Å²) >= 11 is 5.72. The Labute approximate surface area is 132 Å². The number of nitrogens with zero attached hydrogens (tertiary/aromatic N) is 1. The molecular weight excluding hydrogens is 290 g/mol. The lowest BCUT2D eigenvalue weighted by atomic mass is 9.64. The van der Waals surface area contributed by atoms with Crippen LogP contribution in [0.15, 0.2) is 11.3 Å². The summed E-state index contributed by atoms with van der Waals surface area (Å²) in [4.78, 5) is 25.3. The molecule has 0 atom stereocenters. The van der Waals surface area contributed by atoms with Crippen molar-refractivity contribution in [1.29, 1.82) is 0 Å². The highest BCUT2D eigenvalue weighted by Crippen LogP contribution is 2.49. The van der Waals surface area contributed by atoms with Gasteiger partial charge in [0, 0.05) is 5.70 Å². The molecule has 0 aromatic heterocycles. The Kier molecular flexibility index (Phi) is 5.48. The second-order valence-electron chi connectivity index (χ2n) is 7.16. The molecule has 1 aliphatic carbocycles. The molecule has 1 rings (SSSR count). The van der Waals surface area contributed by atoms with Gasteiger partial charge in [-0.2, -0.15) is 0 Å². The number of amides is 1. The minimum atomic E-state index is -0.435. The van der Waals surface area contributed by atoms with Crippen LogP contribution in [0.3, 0.4) is 0 Å². The number of alkyl halides is 1. The van der Waals surface area contributed by atoms with E-state index >= 15 is 0 Å². The Morgan fingerprint density at radius 3 is 2.33 bits per heavy atom. The molecule has 0 heterocycles. The Morgan fingerprint density at radius 2 is 1.86 bits per heavy atom. The lowest BCUT2D eigenvalue weighted by molar-refractivity contribution is -0.145. The van der Waals surface area contributed by atoms with Gasteiger partial charge in [-0.25, -0.2) is 0 Å². The molecule has 0 radical (unpaired) electrons. The number of rotatable bonds is 4. The predicted molar refractivity (Wildman–Crippen MR) is 83.9 cm³/mol. The Morgan fingerprint density at radius 1 is 1.29 bits per heavy atom. The van der Waals surface area contributed by atoms with Crippen LogP contribution in [0.5, 0.6) is 0 Å². The van der Waals surface area contributed by atoms with Crippen LogP contribution in [-0.4, -0.2) is 36.3 Å². The first kappa shape index (κ1) is 18.0. The third-order valence-electron chi connectivity index (χ3n) is 4.27. The molecule has 0 bridgehead atoms. The van der Waals surface area contributed by atoms with Gasteiger partial charge in [0.05, 0.1) is 7.11 Å². The van der Waals surface area contributed by atoms with Crippen molar-refractivity contribution in [2.24, 2.45) is 10.8 Å². The lowest BCUT2D eigenvalue weighted by Gasteiger charge is -2.45. The van der Waals surface area contributed by atoms with Crippen LogP contribution in [0.4, 0.5) is 0 Å². The normalized spacial score (nSPS) is 20.1. The van der Waals surface area contributed by atoms with E-state index in [4.69, 9.17) is 16.3 Å². The van der Waals surface area contributed by atoms with Crippen LogP contribution in [0.25, 0.3) is 0 Å². The zero-order chi connectivity index (χ0) is 16.4. The van der Waals surface area contributed by atoms with Crippen molar-refractivity contribution in [3.8, 4) is 0 Å². The fourth-order valence-corrected chi connectivity index (χ4v) is 3.41. The monoisotopic (exact) mass is 315 g/mol. The van der Waals surface area contributed by atoms with E-state index in [1.54, 1.807) is 0 Å². The van der Waals surface area contributed by atoms with Crippen molar-refractivity contribution in [3.05, 3.63) is 11.3 Å². The standard InChI is InChI=1S/C16H26ClNO3/c1-11-12(7-15(2,3)10-16(11,4)5)18(13(19)8-17)9-14(20)21-6/h7-10H2,1-6H3. The second-order valence-corrected chi connectivity index (χ2v) is 7.43. The Bertz CT molecular complexity index is 466. The van der Waals surface area contributed by atoms with Crippen LogP contribution in [0, 0.1) is 10.8 Å². The highest BCUT2D eigenvalue weighted by atomic mass is 35.5. The van der Waals surface area contributed by atoms with Gasteiger partial charge in [0.25, 0.3) is 0 Å². The van der Waals surface area contributed by atoms with Gasteiger partial charge in [0.15, 0.2) is 0 Å². The fourth-order valence-electron chi connectivity index (χ4n) is 3.27. The minimum absolute atomic E-state index is 0.0158. The zero-order valence-electron chi connectivity index (χ0n) is 13.9. The molecule has 120 valence electrons. The van der Waals surface area contributed by atoms with Crippen molar-refractivity contribution in [1.82, 2.24) is 4.90 Å². The van der Waals surface area contributed by atoms with Crippen molar-refractivity contribution >= 4 is 23.5 Å². The third kappa shape index (κ3) is 4.22. The van der Waals surface area contributed by atoms with E-state index in [0.717, 1.165) is 24.1 Å². The number of ether oxygens (including phenoxy) is 1. The number of hydrogen-bond donors (Lipinski definition) is 0. The molecule has 5 heteroatoms. The summed E-state index contributed by atoms with van der Waals surface area (Å²) in [5.41, 5.74) is 2.11. The summed E-state index contributed by atoms with van der Waals surface area (Å²) in [6, 6.07) is 0. The van der Waals surface area contributed by atoms with Crippen LogP contribution >= 0.6 is 11.6 Å². The van der Waals surface area contributed by atoms with Crippen molar-refractivity contribution in [2.45, 2.75) is 47.5 Å². The molecular formula is C16H26ClNO3. The molecule has 0 aromatic rings. The van der Waals surface area contributed by atoms with Crippen molar-refractivity contribution < 1.29 is 14.3 Å². The van der Waals surface area contributed by atoms with Gasteiger partial charge in [0.1, 0.15) is 12.4 Å². The molecule has 0 saturated carbocycles. The fraction of sp³-hybridized carbons (Fsp3) is 0.750. The molecule has 0 N–H and O–H groups in total. The van der Waals surface area contributed by atoms with Crippen molar-refractivity contribution in [2.75, 3.05) is 19.5 Å². The summed E-state index contributed by atoms with van der Waals surface area (Å²) in [5.74, 6) is -0.839. The molecule has 21 heavy (non-hydrogen) atoms. The van der Waals surface area contributed by atoms with Gasteiger partial charge in [-0.3, -0.25) is 9.59 Å². The van der Waals surface area contributed by atoms with E-state index in [1.165, 1.54) is 12.0 Å². The first-order valence-electron chi connectivity index (χ1n) is 7.17. The largest absolute Gasteiger partial charge is 0.468 e. The van der Waals surface area contributed by atoms with Gasteiger partial charge in [-0.1, -0.05) is 27.7 Å². The van der Waals surface area contributed by atoms with E-state index in [9.17, 15) is 9.59 Å². The molecule has 0 fully saturated rings. The molecule has 0 aliphatic heterocycles. The van der Waals surface area contributed by atoms with E-state index in [-0.39, 0.29) is 29.2 Å². The van der Waals surface area contributed by atoms with E-state index in [0.29, 0.717) is 0 Å². The third-order valence-corrected chi connectivity index (χ3v) is 4.50. The number of allylic oxidation sites excluding steroid dienone is 2. The number of carbonyl (C=O) groups is 2. The van der Waals surface area contributed by atoms with Gasteiger partial charge < -0.3 is 9.64 Å². The Balaban J connectivity index is 3.26. The molecule has 0 saturated heterocycles. The topological polar surface area (TPSA) is 46.6 Å². The zero-order valence-corrected chi connectivity index (χ0v) is 14.6. The maximum atomic E-state index is 12.2. The van der Waals surface area contributed by atoms with Crippen LogP contribution in [-0.2, 0) is 14.3 Å². The van der Waals surface area contributed by atoms with Gasteiger partial charge in [-0.15, -0.1) is 11.6 Å². The summed E-state index contributed by atoms with van der Waals surface area (Å²) in [6.45, 7) is 10.7. The first-order chi connectivity index (χ1) is 9.54. The number of halogens is 1. The van der Waals surface area contributed by atoms with Gasteiger partial charge in [0.2, 0.25) is 5.91 Å². The molecule has 1 amide bonds. The molecule has 4 nitrogen and oxygen atoms in total. The summed E-state index contributed by atoms with van der Waals surface area (Å²) < 4.78 is 4.71. The van der Waals surface area contributed by atoms with Crippen LogP contribution < -0.4 is 0 Å². The SMILES string of the molecule is COC(=O)CN(C(=O)CCl)C1=C(C)C(C)(C)CC(C)(C)C1. The van der Waals surface area contributed by atoms with Gasteiger partial charge >= 0.3 is 5.97 Å². The Hall–Kier alpha value is -1.03. The number of esters is 1. The quantitative estimate of drug-likeness (QED) is 0.590. The van der Waals surface area contributed by atoms with Gasteiger partial charge in [-0.05, 0) is 36.2 Å². The minimum Gasteiger partial charge on any atom is -0.468 e. The average molecular weight is 316 g/mol. The van der Waals surface area contributed by atoms with Crippen LogP contribution in [0.2, 0.25) is 0 Å². The highest BCUT2D eigenvalue weighted by molar-refractivity contribution is 6.27. The number of hydrogen-bond acceptors (Lipinski definition) is 3. The van der Waals surface area contributed by atoms with E-state index < -0.39 is 5.97 Å². The maximum absolute atomic E-state index is 12.2. The maximum Gasteiger partial charge on any atom is 0.325 e. The number of carbonyl (C=O) groups excluding carboxylic acids is 2.